The minimum atomic E-state index is -1.31. The summed E-state index contributed by atoms with van der Waals surface area (Å²) >= 11 is 0. The van der Waals surface area contributed by atoms with E-state index in [9.17, 15) is 28.8 Å². The number of carbonyl (C=O) groups is 5. The van der Waals surface area contributed by atoms with Gasteiger partial charge in [0.25, 0.3) is 17.4 Å². The van der Waals surface area contributed by atoms with E-state index in [4.69, 9.17) is 4.42 Å². The molecular weight excluding hydrogens is 650 g/mol. The molecule has 0 radical (unpaired) electrons. The monoisotopic (exact) mass is 691 g/mol. The van der Waals surface area contributed by atoms with Crippen LogP contribution in [-0.2, 0) is 32.3 Å². The Morgan fingerprint density at radius 3 is 2.27 bits per heavy atom. The van der Waals surface area contributed by atoms with Crippen LogP contribution in [0.2, 0.25) is 0 Å². The van der Waals surface area contributed by atoms with Gasteiger partial charge in [-0.25, -0.2) is 0 Å². The van der Waals surface area contributed by atoms with Gasteiger partial charge in [-0.2, -0.15) is 0 Å². The number of Topliss-reactive ketones (excluding diaryl/α,β-unsaturated/α-hetero) is 1. The number of para-hydroxylation sites is 1. The quantitative estimate of drug-likeness (QED) is 0.154. The van der Waals surface area contributed by atoms with E-state index in [2.05, 4.69) is 21.3 Å². The Morgan fingerprint density at radius 1 is 0.843 bits per heavy atom. The highest BCUT2D eigenvalue weighted by molar-refractivity contribution is 6.36. The zero-order valence-electron chi connectivity index (χ0n) is 28.1. The van der Waals surface area contributed by atoms with E-state index in [1.54, 1.807) is 30.3 Å². The van der Waals surface area contributed by atoms with Crippen LogP contribution in [0.4, 0.5) is 5.69 Å². The number of amides is 4. The van der Waals surface area contributed by atoms with Crippen LogP contribution in [0.25, 0.3) is 11.0 Å². The molecule has 12 heteroatoms. The van der Waals surface area contributed by atoms with Gasteiger partial charge in [0.2, 0.25) is 17.6 Å². The van der Waals surface area contributed by atoms with Gasteiger partial charge in [0, 0.05) is 30.6 Å². The fraction of sp³-hybridized carbons (Fsp3) is 0.385. The summed E-state index contributed by atoms with van der Waals surface area (Å²) in [5.41, 5.74) is 0.601. The molecule has 0 spiro atoms. The van der Waals surface area contributed by atoms with Crippen molar-refractivity contribution in [1.29, 1.82) is 0 Å². The van der Waals surface area contributed by atoms with Crippen molar-refractivity contribution < 1.29 is 28.4 Å². The number of nitrogens with zero attached hydrogens (tertiary/aromatic N) is 1. The highest BCUT2D eigenvalue weighted by Gasteiger charge is 2.48. The molecule has 12 nitrogen and oxygen atoms in total. The second-order valence-electron chi connectivity index (χ2n) is 14.2. The number of furan rings is 1. The largest absolute Gasteiger partial charge is 0.451 e. The van der Waals surface area contributed by atoms with Crippen LogP contribution in [0, 0.1) is 23.7 Å². The average molecular weight is 692 g/mol. The topological polar surface area (TPSA) is 169 Å². The van der Waals surface area contributed by atoms with Gasteiger partial charge >= 0.3 is 0 Å². The molecule has 8 rings (SSSR count). The van der Waals surface area contributed by atoms with Gasteiger partial charge in [-0.15, -0.1) is 0 Å². The van der Waals surface area contributed by atoms with Gasteiger partial charge in [-0.05, 0) is 92.0 Å². The number of hydrogen-bond donors (Lipinski definition) is 4. The van der Waals surface area contributed by atoms with Crippen molar-refractivity contribution in [2.75, 3.05) is 5.32 Å². The molecule has 0 aliphatic heterocycles. The van der Waals surface area contributed by atoms with E-state index in [1.165, 1.54) is 29.3 Å². The Kier molecular flexibility index (Phi) is 9.83. The Morgan fingerprint density at radius 2 is 1.55 bits per heavy atom. The third-order valence-electron chi connectivity index (χ3n) is 10.6. The third kappa shape index (κ3) is 7.79. The lowest BCUT2D eigenvalue weighted by atomic mass is 9.54. The first-order valence-corrected chi connectivity index (χ1v) is 17.6. The molecule has 4 fully saturated rings. The summed E-state index contributed by atoms with van der Waals surface area (Å²) in [5.74, 6) is -0.859. The number of pyridine rings is 1. The summed E-state index contributed by atoms with van der Waals surface area (Å²) in [7, 11) is 0. The first kappa shape index (κ1) is 34.0. The molecule has 0 saturated heterocycles. The van der Waals surface area contributed by atoms with Gasteiger partial charge in [0.15, 0.2) is 5.76 Å². The number of fused-ring (bicyclic) bond motifs is 1. The molecular formula is C39H41N5O7. The number of aromatic nitrogens is 1. The van der Waals surface area contributed by atoms with Crippen molar-refractivity contribution in [3.05, 3.63) is 101 Å². The summed E-state index contributed by atoms with van der Waals surface area (Å²) in [6, 6.07) is 19.4. The summed E-state index contributed by atoms with van der Waals surface area (Å²) in [6.45, 7) is -0.0523. The summed E-state index contributed by atoms with van der Waals surface area (Å²) < 4.78 is 6.90. The van der Waals surface area contributed by atoms with Crippen molar-refractivity contribution in [2.24, 2.45) is 23.7 Å². The Labute approximate surface area is 294 Å². The number of hydrogen-bond acceptors (Lipinski definition) is 7. The number of rotatable bonds is 13. The van der Waals surface area contributed by atoms with E-state index in [1.807, 2.05) is 30.3 Å². The molecule has 4 aliphatic carbocycles. The Bertz CT molecular complexity index is 1960. The molecule has 1 atom stereocenters. The lowest BCUT2D eigenvalue weighted by Gasteiger charge is -2.54. The molecule has 2 aromatic heterocycles. The smallest absolute Gasteiger partial charge is 0.287 e. The molecule has 4 aliphatic rings. The van der Waals surface area contributed by atoms with Crippen LogP contribution in [-0.4, -0.2) is 46.1 Å². The Hall–Kier alpha value is -5.52. The maximum Gasteiger partial charge on any atom is 0.287 e. The second kappa shape index (κ2) is 14.8. The molecule has 0 unspecified atom stereocenters. The molecule has 4 bridgehead atoms. The minimum Gasteiger partial charge on any atom is -0.451 e. The summed E-state index contributed by atoms with van der Waals surface area (Å²) in [4.78, 5) is 78.9. The average Bonchev–Trinajstić information content (AvgIpc) is 3.57. The second-order valence-corrected chi connectivity index (χ2v) is 14.2. The molecule has 4 N–H and O–H groups in total. The van der Waals surface area contributed by atoms with E-state index >= 15 is 0 Å². The van der Waals surface area contributed by atoms with Gasteiger partial charge in [0.1, 0.15) is 23.9 Å². The molecule has 4 amide bonds. The summed E-state index contributed by atoms with van der Waals surface area (Å²) in [6.07, 6.45) is 6.81. The van der Waals surface area contributed by atoms with Crippen LogP contribution >= 0.6 is 0 Å². The van der Waals surface area contributed by atoms with E-state index in [-0.39, 0.29) is 49.3 Å². The van der Waals surface area contributed by atoms with Gasteiger partial charge in [0.05, 0.1) is 0 Å². The van der Waals surface area contributed by atoms with Gasteiger partial charge < -0.3 is 30.3 Å². The first-order chi connectivity index (χ1) is 24.7. The maximum atomic E-state index is 13.6. The molecule has 51 heavy (non-hydrogen) atoms. The van der Waals surface area contributed by atoms with E-state index in [0.717, 1.165) is 43.1 Å². The van der Waals surface area contributed by atoms with E-state index in [0.29, 0.717) is 22.8 Å². The molecule has 4 aromatic rings. The normalized spacial score (nSPS) is 22.2. The van der Waals surface area contributed by atoms with Gasteiger partial charge in [-0.1, -0.05) is 48.5 Å². The van der Waals surface area contributed by atoms with Crippen molar-refractivity contribution in [1.82, 2.24) is 20.5 Å². The van der Waals surface area contributed by atoms with Crippen LogP contribution < -0.4 is 26.8 Å². The molecule has 264 valence electrons. The van der Waals surface area contributed by atoms with Crippen molar-refractivity contribution >= 4 is 46.1 Å². The number of nitrogens with one attached hydrogen (secondary N) is 4. The van der Waals surface area contributed by atoms with Crippen LogP contribution in [0.5, 0.6) is 0 Å². The van der Waals surface area contributed by atoms with Crippen LogP contribution in [0.3, 0.4) is 0 Å². The van der Waals surface area contributed by atoms with Gasteiger partial charge in [-0.3, -0.25) is 28.8 Å². The predicted molar refractivity (Wildman–Crippen MR) is 188 cm³/mol. The van der Waals surface area contributed by atoms with Crippen LogP contribution in [0.1, 0.15) is 61.1 Å². The third-order valence-corrected chi connectivity index (χ3v) is 10.6. The van der Waals surface area contributed by atoms with E-state index < -0.39 is 35.1 Å². The lowest BCUT2D eigenvalue weighted by molar-refractivity contribution is -0.138. The fourth-order valence-electron chi connectivity index (χ4n) is 8.38. The number of ketones is 1. The molecule has 2 aromatic carbocycles. The SMILES string of the molecule is O=C(Cn1cccc(NC(=O)[C@H](CCC(=O)C(=O)NCc2ccccc2)NC(=O)c2cc3ccccc3o2)c1=O)NC1C2CC3CC(C2)CC1C3. The maximum absolute atomic E-state index is 13.6. The van der Waals surface area contributed by atoms with Crippen molar-refractivity contribution in [2.45, 2.75) is 70.1 Å². The highest BCUT2D eigenvalue weighted by atomic mass is 16.3. The number of benzene rings is 2. The molecule has 2 heterocycles. The lowest BCUT2D eigenvalue weighted by Crippen LogP contribution is -2.56. The number of carbonyl (C=O) groups excluding carboxylic acids is 5. The van der Waals surface area contributed by atoms with Crippen LogP contribution in [0.15, 0.2) is 88.2 Å². The molecule has 4 saturated carbocycles. The van der Waals surface area contributed by atoms with Crippen molar-refractivity contribution in [3.8, 4) is 0 Å². The minimum absolute atomic E-state index is 0.0480. The Balaban J connectivity index is 1.01. The number of anilines is 1. The standard InChI is InChI=1S/C39H41N5O7/c45-31(37(48)40-21-23-7-2-1-3-8-23)13-12-29(41-38(49)33-20-26-9-4-5-11-32(26)51-33)36(47)42-30-10-6-14-44(39(30)50)22-34(46)43-35-27-16-24-15-25(18-27)19-28(35)17-24/h1-11,14,20,24-25,27-29,35H,12-13,15-19,21-22H2,(H,40,48)(H,41,49)(H,42,47)(H,43,46)/t24?,25?,27?,28?,29-,35?/m0/s1. The predicted octanol–water partition coefficient (Wildman–Crippen LogP) is 3.94. The zero-order chi connectivity index (χ0) is 35.5. The zero-order valence-corrected chi connectivity index (χ0v) is 28.1. The fourth-order valence-corrected chi connectivity index (χ4v) is 8.38. The summed E-state index contributed by atoms with van der Waals surface area (Å²) in [5, 5.41) is 11.6. The van der Waals surface area contributed by atoms with Crippen molar-refractivity contribution in [3.63, 3.8) is 0 Å². The first-order valence-electron chi connectivity index (χ1n) is 17.6. The highest BCUT2D eigenvalue weighted by Crippen LogP contribution is 2.53.